The van der Waals surface area contributed by atoms with E-state index in [1.165, 1.54) is 30.8 Å². The van der Waals surface area contributed by atoms with Gasteiger partial charge in [0, 0.05) is 32.3 Å². The quantitative estimate of drug-likeness (QED) is 0.855. The van der Waals surface area contributed by atoms with Crippen molar-refractivity contribution in [2.24, 2.45) is 0 Å². The zero-order valence-electron chi connectivity index (χ0n) is 13.3. The molecule has 2 atom stereocenters. The molecule has 1 N–H and O–H groups in total. The van der Waals surface area contributed by atoms with Crippen LogP contribution in [0.15, 0.2) is 0 Å². The molecule has 3 aliphatic heterocycles. The van der Waals surface area contributed by atoms with E-state index in [4.69, 9.17) is 9.47 Å². The van der Waals surface area contributed by atoms with Gasteiger partial charge < -0.3 is 14.8 Å². The third-order valence-electron chi connectivity index (χ3n) is 5.20. The Hall–Kier alpha value is 0.190. The van der Waals surface area contributed by atoms with Gasteiger partial charge in [-0.2, -0.15) is 11.8 Å². The van der Waals surface area contributed by atoms with Crippen LogP contribution in [0, 0.1) is 0 Å². The summed E-state index contributed by atoms with van der Waals surface area (Å²) in [4.78, 5) is 2.49. The molecule has 1 spiro atoms. The number of rotatable bonds is 4. The predicted octanol–water partition coefficient (Wildman–Crippen LogP) is 1.74. The van der Waals surface area contributed by atoms with Crippen LogP contribution >= 0.6 is 11.8 Å². The Labute approximate surface area is 133 Å². The highest BCUT2D eigenvalue weighted by Gasteiger charge is 2.38. The molecule has 0 aliphatic carbocycles. The average Bonchev–Trinajstić information content (AvgIpc) is 2.54. The lowest BCUT2D eigenvalue weighted by Gasteiger charge is -2.44. The Morgan fingerprint density at radius 2 is 2.14 bits per heavy atom. The van der Waals surface area contributed by atoms with Crippen molar-refractivity contribution in [3.8, 4) is 0 Å². The summed E-state index contributed by atoms with van der Waals surface area (Å²) in [7, 11) is 0. The van der Waals surface area contributed by atoms with Gasteiger partial charge in [-0.1, -0.05) is 6.92 Å². The summed E-state index contributed by atoms with van der Waals surface area (Å²) in [5, 5.41) is 3.77. The molecule has 0 aromatic heterocycles. The second kappa shape index (κ2) is 7.64. The smallest absolute Gasteiger partial charge is 0.0826 e. The zero-order chi connectivity index (χ0) is 14.5. The van der Waals surface area contributed by atoms with Gasteiger partial charge in [0.15, 0.2) is 0 Å². The van der Waals surface area contributed by atoms with Crippen LogP contribution in [0.5, 0.6) is 0 Å². The van der Waals surface area contributed by atoms with E-state index < -0.39 is 0 Å². The Morgan fingerprint density at radius 3 is 2.95 bits per heavy atom. The predicted molar refractivity (Wildman–Crippen MR) is 88.1 cm³/mol. The van der Waals surface area contributed by atoms with Crippen LogP contribution in [0.1, 0.15) is 32.6 Å². The molecule has 3 heterocycles. The van der Waals surface area contributed by atoms with E-state index in [1.54, 1.807) is 0 Å². The Bertz CT molecular complexity index is 318. The van der Waals surface area contributed by atoms with Crippen LogP contribution in [-0.4, -0.2) is 73.5 Å². The van der Waals surface area contributed by atoms with Crippen molar-refractivity contribution >= 4 is 11.8 Å². The summed E-state index contributed by atoms with van der Waals surface area (Å²) in [6.07, 6.45) is 5.18. The fourth-order valence-electron chi connectivity index (χ4n) is 3.78. The molecule has 0 radical (unpaired) electrons. The molecule has 5 heteroatoms. The minimum atomic E-state index is 0.185. The van der Waals surface area contributed by atoms with Gasteiger partial charge in [0.1, 0.15) is 0 Å². The van der Waals surface area contributed by atoms with Gasteiger partial charge in [-0.15, -0.1) is 0 Å². The molecule has 0 aromatic rings. The van der Waals surface area contributed by atoms with E-state index in [0.717, 1.165) is 45.8 Å². The van der Waals surface area contributed by atoms with Crippen molar-refractivity contribution in [2.75, 3.05) is 50.9 Å². The maximum atomic E-state index is 6.17. The molecule has 0 saturated carbocycles. The molecule has 0 bridgehead atoms. The average molecular weight is 314 g/mol. The second-order valence-electron chi connectivity index (χ2n) is 6.63. The molecule has 4 nitrogen and oxygen atoms in total. The van der Waals surface area contributed by atoms with Gasteiger partial charge in [-0.05, 0) is 43.7 Å². The van der Waals surface area contributed by atoms with Crippen LogP contribution < -0.4 is 5.32 Å². The Kier molecular flexibility index (Phi) is 5.85. The topological polar surface area (TPSA) is 33.7 Å². The van der Waals surface area contributed by atoms with Crippen molar-refractivity contribution < 1.29 is 9.47 Å². The maximum Gasteiger partial charge on any atom is 0.0826 e. The first kappa shape index (κ1) is 16.1. The molecule has 3 aliphatic rings. The van der Waals surface area contributed by atoms with Crippen LogP contribution in [0.3, 0.4) is 0 Å². The molecule has 2 unspecified atom stereocenters. The molecule has 21 heavy (non-hydrogen) atoms. The van der Waals surface area contributed by atoms with E-state index >= 15 is 0 Å². The number of thioether (sulfide) groups is 1. The third kappa shape index (κ3) is 4.35. The SMILES string of the molecule is CCN1CCOC(CNC2CCOC3(CCSCC3)C2)C1. The van der Waals surface area contributed by atoms with E-state index in [0.29, 0.717) is 12.1 Å². The molecule has 0 amide bonds. The number of morpholine rings is 1. The molecule has 0 aromatic carbocycles. The van der Waals surface area contributed by atoms with E-state index in [9.17, 15) is 0 Å². The monoisotopic (exact) mass is 314 g/mol. The largest absolute Gasteiger partial charge is 0.375 e. The summed E-state index contributed by atoms with van der Waals surface area (Å²) in [5.41, 5.74) is 0.185. The van der Waals surface area contributed by atoms with Crippen LogP contribution in [0.25, 0.3) is 0 Å². The molecule has 122 valence electrons. The summed E-state index contributed by atoms with van der Waals surface area (Å²) in [6.45, 7) is 8.34. The standard InChI is InChI=1S/C16H30N2O2S/c1-2-18-6-8-19-15(13-18)12-17-14-3-7-20-16(11-14)4-9-21-10-5-16/h14-15,17H,2-13H2,1H3. The van der Waals surface area contributed by atoms with Gasteiger partial charge in [-0.25, -0.2) is 0 Å². The van der Waals surface area contributed by atoms with Crippen LogP contribution in [0.4, 0.5) is 0 Å². The van der Waals surface area contributed by atoms with E-state index in [1.807, 2.05) is 0 Å². The summed E-state index contributed by atoms with van der Waals surface area (Å²) in [5.74, 6) is 2.54. The third-order valence-corrected chi connectivity index (χ3v) is 6.19. The highest BCUT2D eigenvalue weighted by atomic mass is 32.2. The molecule has 3 rings (SSSR count). The lowest BCUT2D eigenvalue weighted by Crippen LogP contribution is -2.52. The fraction of sp³-hybridized carbons (Fsp3) is 1.00. The lowest BCUT2D eigenvalue weighted by molar-refractivity contribution is -0.0956. The van der Waals surface area contributed by atoms with Crippen molar-refractivity contribution in [3.05, 3.63) is 0 Å². The van der Waals surface area contributed by atoms with Gasteiger partial charge in [-0.3, -0.25) is 4.90 Å². The lowest BCUT2D eigenvalue weighted by atomic mass is 9.85. The highest BCUT2D eigenvalue weighted by Crippen LogP contribution is 2.37. The first-order valence-electron chi connectivity index (χ1n) is 8.59. The summed E-state index contributed by atoms with van der Waals surface area (Å²) in [6, 6.07) is 0.613. The van der Waals surface area contributed by atoms with E-state index in [-0.39, 0.29) is 5.60 Å². The van der Waals surface area contributed by atoms with Crippen molar-refractivity contribution in [2.45, 2.75) is 50.4 Å². The second-order valence-corrected chi connectivity index (χ2v) is 7.85. The number of hydrogen-bond acceptors (Lipinski definition) is 5. The van der Waals surface area contributed by atoms with Crippen LogP contribution in [0.2, 0.25) is 0 Å². The number of hydrogen-bond donors (Lipinski definition) is 1. The first-order chi connectivity index (χ1) is 10.3. The van der Waals surface area contributed by atoms with Gasteiger partial charge >= 0.3 is 0 Å². The fourth-order valence-corrected chi connectivity index (χ4v) is 5.02. The Morgan fingerprint density at radius 1 is 1.29 bits per heavy atom. The highest BCUT2D eigenvalue weighted by molar-refractivity contribution is 7.99. The van der Waals surface area contributed by atoms with E-state index in [2.05, 4.69) is 28.9 Å². The number of likely N-dealkylation sites (N-methyl/N-ethyl adjacent to an activating group) is 1. The van der Waals surface area contributed by atoms with Crippen molar-refractivity contribution in [1.82, 2.24) is 10.2 Å². The Balaban J connectivity index is 1.44. The molecule has 3 saturated heterocycles. The molecule has 3 fully saturated rings. The zero-order valence-corrected chi connectivity index (χ0v) is 14.1. The normalized spacial score (nSPS) is 34.1. The summed E-state index contributed by atoms with van der Waals surface area (Å²) >= 11 is 2.08. The minimum absolute atomic E-state index is 0.185. The minimum Gasteiger partial charge on any atom is -0.375 e. The van der Waals surface area contributed by atoms with Gasteiger partial charge in [0.05, 0.1) is 18.3 Å². The first-order valence-corrected chi connectivity index (χ1v) is 9.74. The molecular formula is C16H30N2O2S. The summed E-state index contributed by atoms with van der Waals surface area (Å²) < 4.78 is 12.1. The number of nitrogens with zero attached hydrogens (tertiary/aromatic N) is 1. The number of ether oxygens (including phenoxy) is 2. The van der Waals surface area contributed by atoms with Crippen molar-refractivity contribution in [1.29, 1.82) is 0 Å². The maximum absolute atomic E-state index is 6.17. The van der Waals surface area contributed by atoms with Gasteiger partial charge in [0.25, 0.3) is 0 Å². The number of nitrogens with one attached hydrogen (secondary N) is 1. The van der Waals surface area contributed by atoms with Crippen molar-refractivity contribution in [3.63, 3.8) is 0 Å². The van der Waals surface area contributed by atoms with Crippen LogP contribution in [-0.2, 0) is 9.47 Å². The van der Waals surface area contributed by atoms with Gasteiger partial charge in [0.2, 0.25) is 0 Å². The molecular weight excluding hydrogens is 284 g/mol.